The largest absolute Gasteiger partial charge is 1.00 e. The van der Waals surface area contributed by atoms with E-state index in [4.69, 9.17) is 6.42 Å². The Morgan fingerprint density at radius 2 is 1.97 bits per heavy atom. The van der Waals surface area contributed by atoms with Gasteiger partial charge in [-0.25, -0.2) is 8.42 Å². The molecule has 0 aliphatic carbocycles. The van der Waals surface area contributed by atoms with Crippen LogP contribution >= 0.6 is 11.8 Å². The number of hydrogen-bond acceptors (Lipinski definition) is 6. The van der Waals surface area contributed by atoms with E-state index in [2.05, 4.69) is 20.9 Å². The van der Waals surface area contributed by atoms with Crippen molar-refractivity contribution in [3.63, 3.8) is 0 Å². The normalized spacial score (nSPS) is 16.1. The number of nitrogens with one attached hydrogen (secondary N) is 1. The number of thioether (sulfide) groups is 1. The molecule has 3 aromatic rings. The summed E-state index contributed by atoms with van der Waals surface area (Å²) in [7, 11) is -3.72. The summed E-state index contributed by atoms with van der Waals surface area (Å²) in [5, 5.41) is 1.26. The number of rotatable bonds is 3. The van der Waals surface area contributed by atoms with Crippen molar-refractivity contribution < 1.29 is 37.2 Å². The van der Waals surface area contributed by atoms with Crippen LogP contribution < -0.4 is 29.0 Å². The van der Waals surface area contributed by atoms with Gasteiger partial charge in [0.25, 0.3) is 15.7 Å². The molecule has 8 nitrogen and oxygen atoms in total. The molecule has 1 amide bonds. The summed E-state index contributed by atoms with van der Waals surface area (Å²) in [5.74, 6) is 2.36. The Kier molecular flexibility index (Phi) is 6.54. The van der Waals surface area contributed by atoms with Gasteiger partial charge in [0.2, 0.25) is 0 Å². The van der Waals surface area contributed by atoms with Crippen molar-refractivity contribution in [1.82, 2.24) is 24.2 Å². The Hall–Kier alpha value is -2.40. The first kappa shape index (κ1) is 23.7. The summed E-state index contributed by atoms with van der Waals surface area (Å²) in [6, 6.07) is 8.75. The monoisotopic (exact) mass is 592 g/mol. The number of terminal acetylenes is 1. The maximum Gasteiger partial charge on any atom is 0.381 e. The fourth-order valence-electron chi connectivity index (χ4n) is 3.77. The number of pyridine rings is 1. The highest BCUT2D eigenvalue weighted by molar-refractivity contribution is 8.16. The van der Waals surface area contributed by atoms with Crippen LogP contribution in [0.2, 0.25) is 0 Å². The number of carbonyl (C=O) groups is 1. The van der Waals surface area contributed by atoms with Crippen LogP contribution in [0, 0.1) is 19.3 Å². The molecule has 1 N–H and O–H groups in total. The molecule has 0 saturated carbocycles. The number of nitrogens with zero attached hydrogens (tertiary/aromatic N) is 4. The van der Waals surface area contributed by atoms with E-state index >= 15 is 0 Å². The van der Waals surface area contributed by atoms with Crippen molar-refractivity contribution in [2.45, 2.75) is 16.8 Å². The first-order valence-corrected chi connectivity index (χ1v) is 12.2. The van der Waals surface area contributed by atoms with Crippen LogP contribution in [0.4, 0.5) is 5.69 Å². The van der Waals surface area contributed by atoms with E-state index < -0.39 is 10.0 Å². The third-order valence-electron chi connectivity index (χ3n) is 5.50. The molecule has 1 radical (unpaired) electrons. The summed E-state index contributed by atoms with van der Waals surface area (Å²) in [4.78, 5) is 27.1. The predicted octanol–water partition coefficient (Wildman–Crippen LogP) is -1.14. The molecule has 0 unspecified atom stereocenters. The van der Waals surface area contributed by atoms with Crippen LogP contribution in [0.25, 0.3) is 10.9 Å². The standard InChI is InChI=1S/C22H19N5O3S2.HI/c1-3-15-4-5-17-16(11-15)12-20(24-17)32(29,30)27-8-6-26(7-9-27)22(28)21-25-18-10-14(2)23-13-19(18)31-21;/h1,4-5,10-13,24H,6-9H2,2H3;1H/q+1;/p-1. The second-order valence-corrected chi connectivity index (χ2v) is 10.5. The quantitative estimate of drug-likeness (QED) is 0.307. The topological polar surface area (TPSA) is 100 Å². The fraction of sp³-hybridized carbons (Fsp3) is 0.227. The van der Waals surface area contributed by atoms with Gasteiger partial charge in [-0.1, -0.05) is 5.92 Å². The smallest absolute Gasteiger partial charge is 0.381 e. The number of sulfonamides is 1. The highest BCUT2D eigenvalue weighted by Gasteiger charge is 2.40. The average molecular weight is 592 g/mol. The minimum Gasteiger partial charge on any atom is -1.00 e. The van der Waals surface area contributed by atoms with Crippen LogP contribution in [0.15, 0.2) is 46.5 Å². The number of amides is 1. The van der Waals surface area contributed by atoms with Gasteiger partial charge < -0.3 is 33.9 Å². The summed E-state index contributed by atoms with van der Waals surface area (Å²) >= 11 is 1.30. The van der Waals surface area contributed by atoms with E-state index in [0.29, 0.717) is 29.2 Å². The van der Waals surface area contributed by atoms with Gasteiger partial charge in [-0.15, -0.1) is 6.42 Å². The number of carbonyl (C=O) groups excluding carboxylic acids is 1. The molecule has 5 rings (SSSR count). The molecule has 1 aromatic carbocycles. The SMILES string of the molecule is C#Cc1ccc2[nH]c(S(=O)(=O)N3CCN(C(=O)C4=[N+]c5cc(C)ncc5S4)CC3)cc2c1.[I-]. The molecule has 1 fully saturated rings. The number of aliphatic imine (C=N–C) groups is 1. The van der Waals surface area contributed by atoms with E-state index in [-0.39, 0.29) is 48.0 Å². The molecule has 4 heterocycles. The lowest BCUT2D eigenvalue weighted by atomic mass is 10.2. The van der Waals surface area contributed by atoms with Crippen LogP contribution in [0.5, 0.6) is 0 Å². The number of hydrogen-bond donors (Lipinski definition) is 1. The number of H-pyrrole nitrogens is 1. The van der Waals surface area contributed by atoms with Gasteiger partial charge in [0, 0.05) is 72.4 Å². The molecule has 1 saturated heterocycles. The van der Waals surface area contributed by atoms with E-state index in [1.54, 1.807) is 35.4 Å². The van der Waals surface area contributed by atoms with Crippen LogP contribution in [0.1, 0.15) is 11.3 Å². The van der Waals surface area contributed by atoms with Crippen molar-refractivity contribution in [2.24, 2.45) is 0 Å². The number of aromatic nitrogens is 2. The summed E-state index contributed by atoms with van der Waals surface area (Å²) < 4.78 is 27.7. The molecule has 33 heavy (non-hydrogen) atoms. The number of piperazine rings is 1. The second kappa shape index (κ2) is 9.09. The highest BCUT2D eigenvalue weighted by atomic mass is 127. The lowest BCUT2D eigenvalue weighted by Gasteiger charge is -2.32. The molecule has 0 spiro atoms. The summed E-state index contributed by atoms with van der Waals surface area (Å²) in [5.41, 5.74) is 2.98. The van der Waals surface area contributed by atoms with Gasteiger partial charge in [0.1, 0.15) is 9.92 Å². The van der Waals surface area contributed by atoms with Gasteiger partial charge >= 0.3 is 11.0 Å². The molecule has 2 aromatic heterocycles. The van der Waals surface area contributed by atoms with Crippen molar-refractivity contribution in [3.8, 4) is 12.3 Å². The highest BCUT2D eigenvalue weighted by Crippen LogP contribution is 2.33. The number of aromatic amines is 1. The Bertz CT molecular complexity index is 1430. The minimum atomic E-state index is -3.72. The van der Waals surface area contributed by atoms with Crippen LogP contribution in [0.3, 0.4) is 0 Å². The van der Waals surface area contributed by atoms with Crippen LogP contribution in [-0.4, -0.2) is 64.7 Å². The molecule has 0 atom stereocenters. The number of halogens is 1. The zero-order chi connectivity index (χ0) is 22.5. The van der Waals surface area contributed by atoms with Crippen molar-refractivity contribution in [3.05, 3.63) is 47.8 Å². The number of fused-ring (bicyclic) bond motifs is 2. The van der Waals surface area contributed by atoms with Gasteiger partial charge in [-0.2, -0.15) is 4.31 Å². The minimum absolute atomic E-state index is 0. The van der Waals surface area contributed by atoms with Gasteiger partial charge in [-0.05, 0) is 31.2 Å². The second-order valence-electron chi connectivity index (χ2n) is 7.59. The van der Waals surface area contributed by atoms with Crippen molar-refractivity contribution in [2.75, 3.05) is 26.2 Å². The molecular formula is C22H19IN5O3S2. The maximum absolute atomic E-state index is 13.1. The van der Waals surface area contributed by atoms with Gasteiger partial charge in [-0.3, -0.25) is 9.78 Å². The van der Waals surface area contributed by atoms with Gasteiger partial charge in [0.15, 0.2) is 0 Å². The molecule has 2 aliphatic rings. The van der Waals surface area contributed by atoms with Crippen LogP contribution in [-0.2, 0) is 14.8 Å². The number of aryl methyl sites for hydroxylation is 1. The third-order valence-corrected chi connectivity index (χ3v) is 8.32. The third kappa shape index (κ3) is 4.40. The Labute approximate surface area is 212 Å². The van der Waals surface area contributed by atoms with E-state index in [0.717, 1.165) is 21.7 Å². The Morgan fingerprint density at radius 3 is 2.70 bits per heavy atom. The molecule has 0 bridgehead atoms. The lowest BCUT2D eigenvalue weighted by molar-refractivity contribution is -0.124. The van der Waals surface area contributed by atoms with Crippen molar-refractivity contribution >= 4 is 49.3 Å². The average Bonchev–Trinajstić information content (AvgIpc) is 3.42. The molecule has 2 aliphatic heterocycles. The molecular weight excluding hydrogens is 573 g/mol. The zero-order valence-electron chi connectivity index (χ0n) is 17.6. The lowest BCUT2D eigenvalue weighted by Crippen LogP contribution is -3.00. The maximum atomic E-state index is 13.1. The number of benzene rings is 1. The summed E-state index contributed by atoms with van der Waals surface area (Å²) in [6.07, 6.45) is 7.15. The molecule has 11 heteroatoms. The predicted molar refractivity (Wildman–Crippen MR) is 123 cm³/mol. The van der Waals surface area contributed by atoms with E-state index in [9.17, 15) is 13.2 Å². The van der Waals surface area contributed by atoms with Crippen molar-refractivity contribution in [1.29, 1.82) is 0 Å². The van der Waals surface area contributed by atoms with E-state index in [1.165, 1.54) is 16.1 Å². The Morgan fingerprint density at radius 1 is 1.21 bits per heavy atom. The first-order chi connectivity index (χ1) is 15.3. The zero-order valence-corrected chi connectivity index (χ0v) is 21.4. The summed E-state index contributed by atoms with van der Waals surface area (Å²) in [6.45, 7) is 2.90. The molecule has 169 valence electrons. The van der Waals surface area contributed by atoms with Gasteiger partial charge in [0.05, 0.1) is 4.99 Å². The first-order valence-electron chi connectivity index (χ1n) is 9.97. The fourth-order valence-corrected chi connectivity index (χ4v) is 6.09. The Balaban J connectivity index is 0.00000259. The van der Waals surface area contributed by atoms with E-state index in [1.807, 2.05) is 13.0 Å².